The van der Waals surface area contributed by atoms with Crippen LogP contribution in [-0.4, -0.2) is 76.1 Å². The second-order valence-electron chi connectivity index (χ2n) is 4.53. The molecule has 0 aromatic heterocycles. The molecular weight excluding hydrogens is 524 g/mol. The van der Waals surface area contributed by atoms with E-state index in [1.165, 1.54) is 0 Å². The van der Waals surface area contributed by atoms with Gasteiger partial charge in [0.25, 0.3) is 0 Å². The molecule has 0 spiro atoms. The van der Waals surface area contributed by atoms with Crippen molar-refractivity contribution in [3.63, 3.8) is 0 Å². The molecule has 0 amide bonds. The zero-order chi connectivity index (χ0) is 24.0. The van der Waals surface area contributed by atoms with E-state index in [0.717, 1.165) is 0 Å². The van der Waals surface area contributed by atoms with Crippen molar-refractivity contribution in [2.75, 3.05) is 11.8 Å². The summed E-state index contributed by atoms with van der Waals surface area (Å²) in [6.45, 7) is 0. The number of hydrogen-bond acceptors (Lipinski definition) is 7. The fourth-order valence-electron chi connectivity index (χ4n) is 0.676. The van der Waals surface area contributed by atoms with Gasteiger partial charge in [0, 0.05) is 0 Å². The van der Waals surface area contributed by atoms with Gasteiger partial charge >= 0.3 is 45.6 Å². The minimum Gasteiger partial charge on any atom is -0.324 e. The van der Waals surface area contributed by atoms with Crippen molar-refractivity contribution in [2.24, 2.45) is 5.73 Å². The maximum absolute atomic E-state index is 10.1. The summed E-state index contributed by atoms with van der Waals surface area (Å²) in [5.41, 5.74) is 2.10. The lowest BCUT2D eigenvalue weighted by Gasteiger charge is -2.13. The van der Waals surface area contributed by atoms with Crippen LogP contribution in [0.1, 0.15) is 0 Å². The third-order valence-electron chi connectivity index (χ3n) is 1.43. The summed E-state index contributed by atoms with van der Waals surface area (Å²) in [7, 11) is -27.9. The number of hydrogen-bond donors (Lipinski definition) is 13. The lowest BCUT2D eigenvalue weighted by Crippen LogP contribution is -2.19. The Labute approximate surface area is 155 Å². The van der Waals surface area contributed by atoms with Gasteiger partial charge in [0.05, 0.1) is 0 Å². The molecule has 0 atom stereocenters. The Kier molecular flexibility index (Phi) is 13.7. The van der Waals surface area contributed by atoms with Crippen molar-refractivity contribution in [3.8, 4) is 0 Å². The zero-order valence-corrected chi connectivity index (χ0v) is 18.4. The van der Waals surface area contributed by atoms with E-state index in [-0.39, 0.29) is 0 Å². The third kappa shape index (κ3) is 29.1. The highest BCUT2D eigenvalue weighted by atomic mass is 31.2. The predicted molar refractivity (Wildman–Crippen MR) is 90.0 cm³/mol. The van der Waals surface area contributed by atoms with Crippen LogP contribution >= 0.6 is 45.6 Å². The lowest BCUT2D eigenvalue weighted by molar-refractivity contribution is 0.338. The minimum atomic E-state index is -4.86. The summed E-state index contributed by atoms with van der Waals surface area (Å²) in [6.07, 6.45) is 0. The van der Waals surface area contributed by atoms with E-state index in [1.807, 2.05) is 0 Å². The first-order valence-corrected chi connectivity index (χ1v) is 16.2. The van der Waals surface area contributed by atoms with Crippen molar-refractivity contribution >= 4 is 45.6 Å². The normalized spacial score (nSPS) is 13.9. The van der Waals surface area contributed by atoms with E-state index in [9.17, 15) is 27.4 Å². The summed E-state index contributed by atoms with van der Waals surface area (Å²) >= 11 is 0. The van der Waals surface area contributed by atoms with Gasteiger partial charge in [-0.1, -0.05) is 0 Å². The molecule has 0 aromatic carbocycles. The van der Waals surface area contributed by atoms with Crippen LogP contribution in [0.5, 0.6) is 0 Å². The summed E-state index contributed by atoms with van der Waals surface area (Å²) < 4.78 is 59.5. The summed E-state index contributed by atoms with van der Waals surface area (Å²) in [4.78, 5) is 96.2. The molecule has 0 aromatic rings. The van der Waals surface area contributed by atoms with Crippen LogP contribution < -0.4 is 5.73 Å². The molecule has 0 radical (unpaired) electrons. The Balaban J connectivity index is -0.000000336. The highest BCUT2D eigenvalue weighted by molar-refractivity contribution is 7.71. The molecule has 0 aliphatic rings. The lowest BCUT2D eigenvalue weighted by atomic mass is 11.5. The van der Waals surface area contributed by atoms with Gasteiger partial charge in [-0.05, 0) is 0 Å². The molecule has 0 saturated carbocycles. The van der Waals surface area contributed by atoms with Crippen LogP contribution in [0.4, 0.5) is 0 Å². The van der Waals surface area contributed by atoms with E-state index >= 15 is 0 Å². The third-order valence-corrected chi connectivity index (χ3v) is 10.5. The van der Waals surface area contributed by atoms with Crippen molar-refractivity contribution in [2.45, 2.75) is 5.52 Å². The average molecular weight is 543 g/mol. The van der Waals surface area contributed by atoms with Crippen LogP contribution in [-0.2, 0) is 27.4 Å². The fraction of sp³-hybridized carbons (Fsp3) is 1.00. The molecule has 14 N–H and O–H groups in total. The highest BCUT2D eigenvalue weighted by Crippen LogP contribution is 2.56. The topological polar surface area (TPSA) is 371 Å². The highest BCUT2D eigenvalue weighted by Gasteiger charge is 2.39. The summed E-state index contributed by atoms with van der Waals surface area (Å²) in [6, 6.07) is 0. The molecule has 0 aliphatic heterocycles. The quantitative estimate of drug-likeness (QED) is 0.150. The van der Waals surface area contributed by atoms with Crippen LogP contribution in [0.25, 0.3) is 0 Å². The van der Waals surface area contributed by atoms with E-state index in [4.69, 9.17) is 58.7 Å². The van der Waals surface area contributed by atoms with Crippen LogP contribution in [0.3, 0.4) is 0 Å². The summed E-state index contributed by atoms with van der Waals surface area (Å²) in [5.74, 6) is -2.75. The minimum absolute atomic E-state index is 1.38. The fourth-order valence-corrected chi connectivity index (χ4v) is 6.08. The molecule has 28 heavy (non-hydrogen) atoms. The van der Waals surface area contributed by atoms with E-state index in [0.29, 0.717) is 0 Å². The standard InChI is InChI=1S/CH7NO6P2.2CH6O6P2/c2-1(9(3,4)5)10(6,7)8;2*2-8(3,4)1-9(5,6)7/h1H,2H2,(H2,3,4,5)(H2,6,7,8);2*1H2,(H2,2,3,4)(H2,5,6,7). The van der Waals surface area contributed by atoms with Gasteiger partial charge in [-0.2, -0.15) is 0 Å². The van der Waals surface area contributed by atoms with E-state index in [2.05, 4.69) is 5.73 Å². The Morgan fingerprint density at radius 3 is 0.607 bits per heavy atom. The van der Waals surface area contributed by atoms with Crippen LogP contribution in [0, 0.1) is 0 Å². The first kappa shape index (κ1) is 33.5. The Bertz CT molecular complexity index is 646. The number of nitrogens with two attached hydrogens (primary N) is 1. The summed E-state index contributed by atoms with van der Waals surface area (Å²) in [5, 5.41) is 0. The molecule has 0 aliphatic carbocycles. The predicted octanol–water partition coefficient (Wildman–Crippen LogP) is -2.82. The molecule has 25 heteroatoms. The molecule has 19 nitrogen and oxygen atoms in total. The van der Waals surface area contributed by atoms with Gasteiger partial charge in [0.2, 0.25) is 5.52 Å². The maximum atomic E-state index is 10.1. The van der Waals surface area contributed by atoms with Crippen LogP contribution in [0.2, 0.25) is 0 Å². The van der Waals surface area contributed by atoms with Gasteiger partial charge in [0.1, 0.15) is 0 Å². The van der Waals surface area contributed by atoms with Crippen LogP contribution in [0.15, 0.2) is 0 Å². The first-order valence-electron chi connectivity index (χ1n) is 5.61. The largest absolute Gasteiger partial charge is 0.354 e. The Morgan fingerprint density at radius 2 is 0.607 bits per heavy atom. The molecule has 0 unspecified atom stereocenters. The molecule has 0 bridgehead atoms. The van der Waals surface area contributed by atoms with Crippen molar-refractivity contribution < 1.29 is 86.1 Å². The van der Waals surface area contributed by atoms with E-state index < -0.39 is 62.9 Å². The Hall–Kier alpha value is 0.860. The second-order valence-corrected chi connectivity index (χ2v) is 16.0. The molecule has 174 valence electrons. The average Bonchev–Trinajstić information content (AvgIpc) is 2.15. The van der Waals surface area contributed by atoms with Gasteiger partial charge in [-0.25, -0.2) is 0 Å². The van der Waals surface area contributed by atoms with Crippen molar-refractivity contribution in [1.82, 2.24) is 0 Å². The molecule has 0 fully saturated rings. The second kappa shape index (κ2) is 11.5. The number of rotatable bonds is 6. The molecular formula is C3H19NO18P6. The first-order chi connectivity index (χ1) is 11.6. The van der Waals surface area contributed by atoms with Gasteiger partial charge in [0.15, 0.2) is 11.8 Å². The van der Waals surface area contributed by atoms with Gasteiger partial charge in [-0.15, -0.1) is 0 Å². The smallest absolute Gasteiger partial charge is 0.324 e. The maximum Gasteiger partial charge on any atom is 0.354 e. The molecule has 0 saturated heterocycles. The Morgan fingerprint density at radius 1 is 0.464 bits per heavy atom. The molecule has 0 heterocycles. The monoisotopic (exact) mass is 543 g/mol. The molecule has 0 rings (SSSR count). The van der Waals surface area contributed by atoms with Crippen molar-refractivity contribution in [1.29, 1.82) is 0 Å². The van der Waals surface area contributed by atoms with E-state index in [1.54, 1.807) is 0 Å². The SMILES string of the molecule is NC(P(=O)(O)O)P(=O)(O)O.O=P(O)(O)CP(=O)(O)O.O=P(O)(O)CP(=O)(O)O. The van der Waals surface area contributed by atoms with Gasteiger partial charge < -0.3 is 64.5 Å². The van der Waals surface area contributed by atoms with Gasteiger partial charge in [-0.3, -0.25) is 27.4 Å². The zero-order valence-electron chi connectivity index (χ0n) is 13.1. The van der Waals surface area contributed by atoms with Crippen molar-refractivity contribution in [3.05, 3.63) is 0 Å².